The fraction of sp³-hybridized carbons (Fsp3) is 0.429. The predicted octanol–water partition coefficient (Wildman–Crippen LogP) is 7.29. The average Bonchev–Trinajstić information content (AvgIpc) is 3.79. The zero-order valence-corrected chi connectivity index (χ0v) is 31.8. The monoisotopic (exact) mass is 771 g/mol. The minimum Gasteiger partial charge on any atom is -0.382 e. The van der Waals surface area contributed by atoms with Crippen LogP contribution in [0, 0.1) is 18.3 Å². The number of methoxy groups -OCH3 is 1. The third kappa shape index (κ3) is 15.2. The van der Waals surface area contributed by atoms with E-state index in [0.717, 1.165) is 17.9 Å². The number of hydrogen-bond donors (Lipinski definition) is 2. The van der Waals surface area contributed by atoms with Crippen molar-refractivity contribution in [3.8, 4) is 18.5 Å². The van der Waals surface area contributed by atoms with Crippen molar-refractivity contribution in [3.05, 3.63) is 77.1 Å². The van der Waals surface area contributed by atoms with Crippen LogP contribution in [0.3, 0.4) is 0 Å². The van der Waals surface area contributed by atoms with E-state index in [1.165, 1.54) is 31.2 Å². The minimum atomic E-state index is -4.33. The summed E-state index contributed by atoms with van der Waals surface area (Å²) in [4.78, 5) is 32.0. The Kier molecular flexibility index (Phi) is 20.6. The third-order valence-corrected chi connectivity index (χ3v) is 6.46. The predicted molar refractivity (Wildman–Crippen MR) is 196 cm³/mol. The van der Waals surface area contributed by atoms with Crippen LogP contribution in [0.5, 0.6) is 0 Å². The summed E-state index contributed by atoms with van der Waals surface area (Å²) in [7, 11) is 2.92. The molecule has 18 heteroatoms. The fourth-order valence-electron chi connectivity index (χ4n) is 3.87. The van der Waals surface area contributed by atoms with Crippen LogP contribution < -0.4 is 11.1 Å². The van der Waals surface area contributed by atoms with Crippen molar-refractivity contribution in [2.24, 2.45) is 16.1 Å². The van der Waals surface area contributed by atoms with Crippen molar-refractivity contribution in [2.75, 3.05) is 20.8 Å². The fourth-order valence-corrected chi connectivity index (χ4v) is 4.06. The van der Waals surface area contributed by atoms with Crippen molar-refractivity contribution in [3.63, 3.8) is 0 Å². The molecule has 0 aliphatic carbocycles. The van der Waals surface area contributed by atoms with Gasteiger partial charge in [0, 0.05) is 32.1 Å². The molecule has 0 bridgehead atoms. The molecular weight excluding hydrogens is 725 g/mol. The molecule has 0 unspecified atom stereocenters. The van der Waals surface area contributed by atoms with Crippen LogP contribution in [0.2, 0.25) is 5.02 Å². The Morgan fingerprint density at radius 1 is 1.11 bits per heavy atom. The first-order valence-electron chi connectivity index (χ1n) is 15.9. The highest BCUT2D eigenvalue weighted by Crippen LogP contribution is 2.31. The van der Waals surface area contributed by atoms with Gasteiger partial charge in [0.2, 0.25) is 6.41 Å². The van der Waals surface area contributed by atoms with Crippen LogP contribution in [0.15, 0.2) is 60.1 Å². The van der Waals surface area contributed by atoms with Gasteiger partial charge < -0.3 is 15.8 Å². The highest BCUT2D eigenvalue weighted by molar-refractivity contribution is 6.32. The second-order valence-electron chi connectivity index (χ2n) is 11.9. The van der Waals surface area contributed by atoms with Gasteiger partial charge in [0.25, 0.3) is 12.3 Å². The standard InChI is InChI=1S/C22H21ClF2N8O2.C5H12.C4H6F3NO.C2H6.C2H2/c1-27-22(26)32(21(34)14-6-8-31-15(9-14)5-7-29-31)18(11-35-2)13-3-4-16(23)17(10-13)33-20(19(24)25)28-12-30-33;1-5(2,3)4;1-3(8-2-9)4(5,6)7;2*1-2/h3-10,12,18-19H,11H2,1-2H3,(H2,26,27);1-4H3;2-3H,1H3,(H,8,9);1-2H3;1-2H/t18-;;3-;;/m1.0../s1. The van der Waals surface area contributed by atoms with Crippen molar-refractivity contribution < 1.29 is 36.3 Å². The molecule has 53 heavy (non-hydrogen) atoms. The number of carbonyl (C=O) groups excluding carboxylic acids is 2. The summed E-state index contributed by atoms with van der Waals surface area (Å²) in [6, 6.07) is 7.23. The number of terminal acetylenes is 1. The number of guanidine groups is 1. The molecule has 0 saturated carbocycles. The maximum Gasteiger partial charge on any atom is 0.408 e. The number of aliphatic imine (C=N–C) groups is 1. The number of nitrogens with two attached hydrogens (primary N) is 1. The van der Waals surface area contributed by atoms with Crippen LogP contribution >= 0.6 is 11.6 Å². The van der Waals surface area contributed by atoms with Crippen LogP contribution in [-0.4, -0.2) is 80.5 Å². The molecule has 292 valence electrons. The first-order chi connectivity index (χ1) is 24.8. The number of ether oxygens (including phenoxy) is 1. The van der Waals surface area contributed by atoms with E-state index >= 15 is 0 Å². The Hall–Kier alpha value is -5.08. The Labute approximate surface area is 311 Å². The molecule has 4 rings (SSSR count). The van der Waals surface area contributed by atoms with Crippen molar-refractivity contribution in [2.45, 2.75) is 73.2 Å². The van der Waals surface area contributed by atoms with Crippen LogP contribution in [0.25, 0.3) is 11.2 Å². The number of rotatable bonds is 9. The Morgan fingerprint density at radius 3 is 2.21 bits per heavy atom. The SMILES string of the molecule is C#C.CC.CC(C)(C)C.CN=C(N)N(C(=O)c1ccn2nccc2c1)[C@H](COC)c1ccc(Cl)c(-n2ncnc2C(F)F)c1.C[C@H](NC=O)C(F)(F)F. The number of pyridine rings is 1. The second kappa shape index (κ2) is 22.8. The molecule has 2 atom stereocenters. The molecule has 2 amide bonds. The van der Waals surface area contributed by atoms with Gasteiger partial charge in [-0.2, -0.15) is 23.4 Å². The van der Waals surface area contributed by atoms with Crippen molar-refractivity contribution in [1.82, 2.24) is 34.6 Å². The van der Waals surface area contributed by atoms with Gasteiger partial charge in [0.15, 0.2) is 11.8 Å². The van der Waals surface area contributed by atoms with Gasteiger partial charge in [-0.1, -0.05) is 59.2 Å². The molecule has 1 aromatic carbocycles. The number of amides is 2. The van der Waals surface area contributed by atoms with Gasteiger partial charge >= 0.3 is 6.18 Å². The van der Waals surface area contributed by atoms with E-state index in [2.05, 4.69) is 60.7 Å². The number of nitrogens with zero attached hydrogens (tertiary/aromatic N) is 7. The molecular formula is C35H47ClF5N9O3. The number of alkyl halides is 5. The molecule has 3 N–H and O–H groups in total. The zero-order valence-electron chi connectivity index (χ0n) is 31.1. The maximum atomic E-state index is 13.7. The summed E-state index contributed by atoms with van der Waals surface area (Å²) in [5, 5.41) is 9.77. The van der Waals surface area contributed by atoms with E-state index in [4.69, 9.17) is 22.1 Å². The number of benzene rings is 1. The maximum absolute atomic E-state index is 13.7. The Morgan fingerprint density at radius 2 is 1.72 bits per heavy atom. The van der Waals surface area contributed by atoms with Crippen molar-refractivity contribution in [1.29, 1.82) is 0 Å². The molecule has 0 aliphatic rings. The summed E-state index contributed by atoms with van der Waals surface area (Å²) in [5.41, 5.74) is 8.40. The highest BCUT2D eigenvalue weighted by atomic mass is 35.5. The zero-order chi connectivity index (χ0) is 41.1. The average molecular weight is 772 g/mol. The molecule has 3 aromatic heterocycles. The van der Waals surface area contributed by atoms with E-state index in [0.29, 0.717) is 22.1 Å². The number of nitrogens with one attached hydrogen (secondary N) is 1. The molecule has 0 spiro atoms. The van der Waals surface area contributed by atoms with E-state index in [9.17, 15) is 31.5 Å². The number of halogens is 6. The smallest absolute Gasteiger partial charge is 0.382 e. The molecule has 0 saturated heterocycles. The van der Waals surface area contributed by atoms with E-state index in [1.54, 1.807) is 46.5 Å². The van der Waals surface area contributed by atoms with E-state index in [1.807, 2.05) is 13.8 Å². The highest BCUT2D eigenvalue weighted by Gasteiger charge is 2.35. The molecule has 12 nitrogen and oxygen atoms in total. The molecule has 0 fully saturated rings. The summed E-state index contributed by atoms with van der Waals surface area (Å²) in [5.74, 6) is -1.07. The van der Waals surface area contributed by atoms with Gasteiger partial charge in [0.05, 0.1) is 28.9 Å². The lowest BCUT2D eigenvalue weighted by molar-refractivity contribution is -0.154. The first-order valence-corrected chi connectivity index (χ1v) is 16.3. The lowest BCUT2D eigenvalue weighted by Gasteiger charge is -2.31. The number of fused-ring (bicyclic) bond motifs is 1. The molecule has 0 radical (unpaired) electrons. The Balaban J connectivity index is 0.00000126. The minimum absolute atomic E-state index is 0.0248. The van der Waals surface area contributed by atoms with Gasteiger partial charge in [-0.15, -0.1) is 12.8 Å². The summed E-state index contributed by atoms with van der Waals surface area (Å²) < 4.78 is 69.1. The topological polar surface area (TPSA) is 145 Å². The summed E-state index contributed by atoms with van der Waals surface area (Å²) in [6.45, 7) is 13.6. The molecule has 3 heterocycles. The quantitative estimate of drug-likeness (QED) is 0.0598. The van der Waals surface area contributed by atoms with Crippen molar-refractivity contribution >= 4 is 35.4 Å². The number of hydrogen-bond acceptors (Lipinski definition) is 7. The third-order valence-electron chi connectivity index (χ3n) is 6.14. The molecule has 4 aromatic rings. The van der Waals surface area contributed by atoms with Gasteiger partial charge in [-0.05, 0) is 48.2 Å². The Bertz CT molecular complexity index is 1750. The van der Waals surface area contributed by atoms with Crippen LogP contribution in [0.4, 0.5) is 22.0 Å². The van der Waals surface area contributed by atoms with E-state index in [-0.39, 0.29) is 29.7 Å². The summed E-state index contributed by atoms with van der Waals surface area (Å²) in [6.07, 6.45) is 5.11. The largest absolute Gasteiger partial charge is 0.408 e. The second-order valence-corrected chi connectivity index (χ2v) is 12.3. The van der Waals surface area contributed by atoms with Gasteiger partial charge in [-0.3, -0.25) is 19.5 Å². The summed E-state index contributed by atoms with van der Waals surface area (Å²) >= 11 is 6.32. The number of carbonyl (C=O) groups is 2. The lowest BCUT2D eigenvalue weighted by Crippen LogP contribution is -2.46. The van der Waals surface area contributed by atoms with Gasteiger partial charge in [-0.25, -0.2) is 23.0 Å². The number of aromatic nitrogens is 5. The normalized spacial score (nSPS) is 12.3. The van der Waals surface area contributed by atoms with Gasteiger partial charge in [0.1, 0.15) is 12.4 Å². The van der Waals surface area contributed by atoms with E-state index < -0.39 is 36.4 Å². The lowest BCUT2D eigenvalue weighted by atomic mass is 10.0. The first kappa shape index (κ1) is 47.9. The molecule has 0 aliphatic heterocycles. The van der Waals surface area contributed by atoms with Crippen LogP contribution in [-0.2, 0) is 9.53 Å². The van der Waals surface area contributed by atoms with Crippen LogP contribution in [0.1, 0.15) is 82.7 Å².